The average molecular weight is 389 g/mol. The lowest BCUT2D eigenvalue weighted by atomic mass is 10.1. The normalized spacial score (nSPS) is 10.9. The third-order valence-electron chi connectivity index (χ3n) is 4.42. The highest BCUT2D eigenvalue weighted by molar-refractivity contribution is 6.30. The third-order valence-corrected chi connectivity index (χ3v) is 4.66. The Morgan fingerprint density at radius 3 is 2.81 bits per heavy atom. The van der Waals surface area contributed by atoms with Crippen LogP contribution >= 0.6 is 11.6 Å². The topological polar surface area (TPSA) is 64.7 Å². The Labute approximate surface area is 161 Å². The van der Waals surface area contributed by atoms with Gasteiger partial charge in [-0.05, 0) is 36.8 Å². The number of hydrogen-bond acceptors (Lipinski definition) is 4. The summed E-state index contributed by atoms with van der Waals surface area (Å²) in [7, 11) is 3.32. The van der Waals surface area contributed by atoms with E-state index in [1.165, 1.54) is 0 Å². The van der Waals surface area contributed by atoms with E-state index in [1.54, 1.807) is 47.9 Å². The molecule has 6 nitrogen and oxygen atoms in total. The smallest absolute Gasteiger partial charge is 0.419 e. The molecule has 0 N–H and O–H groups in total. The Bertz CT molecular complexity index is 1010. The molecule has 142 valence electrons. The van der Waals surface area contributed by atoms with Crippen molar-refractivity contribution in [2.45, 2.75) is 25.9 Å². The summed E-state index contributed by atoms with van der Waals surface area (Å²) in [5.74, 6) is 0.272. The van der Waals surface area contributed by atoms with Crippen LogP contribution in [0.25, 0.3) is 11.1 Å². The first-order valence-corrected chi connectivity index (χ1v) is 9.02. The van der Waals surface area contributed by atoms with Gasteiger partial charge in [-0.3, -0.25) is 9.36 Å². The molecule has 1 heterocycles. The van der Waals surface area contributed by atoms with Gasteiger partial charge in [0.25, 0.3) is 0 Å². The lowest BCUT2D eigenvalue weighted by molar-refractivity contribution is -0.130. The van der Waals surface area contributed by atoms with E-state index in [-0.39, 0.29) is 5.91 Å². The summed E-state index contributed by atoms with van der Waals surface area (Å²) in [6, 6.07) is 12.6. The number of carbonyl (C=O) groups excluding carboxylic acids is 1. The zero-order valence-electron chi connectivity index (χ0n) is 15.3. The van der Waals surface area contributed by atoms with E-state index < -0.39 is 5.76 Å². The first kappa shape index (κ1) is 19.0. The fourth-order valence-corrected chi connectivity index (χ4v) is 3.21. The van der Waals surface area contributed by atoms with Gasteiger partial charge in [-0.15, -0.1) is 0 Å². The van der Waals surface area contributed by atoms with Gasteiger partial charge in [0.2, 0.25) is 5.91 Å². The van der Waals surface area contributed by atoms with Crippen molar-refractivity contribution in [2.24, 2.45) is 0 Å². The third kappa shape index (κ3) is 4.34. The van der Waals surface area contributed by atoms with E-state index in [4.69, 9.17) is 20.8 Å². The number of carbonyl (C=O) groups is 1. The van der Waals surface area contributed by atoms with Gasteiger partial charge >= 0.3 is 5.76 Å². The number of halogens is 1. The number of rotatable bonds is 7. The van der Waals surface area contributed by atoms with Crippen molar-refractivity contribution in [3.05, 3.63) is 63.6 Å². The van der Waals surface area contributed by atoms with Crippen molar-refractivity contribution in [3.8, 4) is 5.75 Å². The number of para-hydroxylation sites is 2. The lowest BCUT2D eigenvalue weighted by Gasteiger charge is -2.19. The number of benzene rings is 2. The molecule has 0 fully saturated rings. The number of methoxy groups -OCH3 is 1. The van der Waals surface area contributed by atoms with Crippen LogP contribution < -0.4 is 10.5 Å². The van der Waals surface area contributed by atoms with Crippen LogP contribution in [-0.2, 0) is 17.9 Å². The largest absolute Gasteiger partial charge is 0.496 e. The molecule has 1 aromatic heterocycles. The zero-order chi connectivity index (χ0) is 19.4. The van der Waals surface area contributed by atoms with E-state index in [9.17, 15) is 9.59 Å². The predicted molar refractivity (Wildman–Crippen MR) is 104 cm³/mol. The Balaban J connectivity index is 1.60. The number of ether oxygens (including phenoxy) is 1. The second kappa shape index (κ2) is 8.31. The summed E-state index contributed by atoms with van der Waals surface area (Å²) in [6.07, 6.45) is 0.866. The van der Waals surface area contributed by atoms with Gasteiger partial charge in [0.15, 0.2) is 5.58 Å². The molecule has 3 aromatic rings. The van der Waals surface area contributed by atoms with Gasteiger partial charge in [0.05, 0.1) is 12.6 Å². The van der Waals surface area contributed by atoms with E-state index >= 15 is 0 Å². The second-order valence-corrected chi connectivity index (χ2v) is 6.73. The van der Waals surface area contributed by atoms with E-state index in [2.05, 4.69) is 0 Å². The number of oxazole rings is 1. The number of aromatic nitrogens is 1. The van der Waals surface area contributed by atoms with Gasteiger partial charge in [0, 0.05) is 37.1 Å². The van der Waals surface area contributed by atoms with Crippen molar-refractivity contribution < 1.29 is 13.9 Å². The standard InChI is InChI=1S/C20H21ClN2O4/c1-22(13-14-12-15(21)9-10-17(14)26-2)19(24)8-5-11-23-16-6-3-4-7-18(16)27-20(23)25/h3-4,6-7,9-10,12H,5,8,11,13H2,1-2H3. The highest BCUT2D eigenvalue weighted by Gasteiger charge is 2.14. The molecule has 0 aliphatic heterocycles. The molecular weight excluding hydrogens is 368 g/mol. The summed E-state index contributed by atoms with van der Waals surface area (Å²) in [5.41, 5.74) is 2.14. The average Bonchev–Trinajstić information content (AvgIpc) is 2.97. The molecule has 0 radical (unpaired) electrons. The molecule has 27 heavy (non-hydrogen) atoms. The first-order chi connectivity index (χ1) is 13.0. The molecule has 2 aromatic carbocycles. The van der Waals surface area contributed by atoms with Crippen molar-refractivity contribution in [2.75, 3.05) is 14.2 Å². The van der Waals surface area contributed by atoms with Gasteiger partial charge in [-0.1, -0.05) is 23.7 Å². The van der Waals surface area contributed by atoms with Crippen LogP contribution in [0.5, 0.6) is 5.75 Å². The Morgan fingerprint density at radius 2 is 2.04 bits per heavy atom. The molecule has 0 saturated carbocycles. The Morgan fingerprint density at radius 1 is 1.26 bits per heavy atom. The quantitative estimate of drug-likeness (QED) is 0.619. The number of aryl methyl sites for hydroxylation is 1. The van der Waals surface area contributed by atoms with Crippen LogP contribution in [0.15, 0.2) is 51.7 Å². The number of amides is 1. The van der Waals surface area contributed by atoms with E-state index in [0.29, 0.717) is 42.3 Å². The molecule has 1 amide bonds. The van der Waals surface area contributed by atoms with E-state index in [1.807, 2.05) is 18.2 Å². The van der Waals surface area contributed by atoms with Gasteiger partial charge < -0.3 is 14.1 Å². The highest BCUT2D eigenvalue weighted by atomic mass is 35.5. The molecule has 0 aliphatic carbocycles. The number of nitrogens with zero attached hydrogens (tertiary/aromatic N) is 2. The van der Waals surface area contributed by atoms with Crippen LogP contribution in [0.3, 0.4) is 0 Å². The van der Waals surface area contributed by atoms with E-state index in [0.717, 1.165) is 11.1 Å². The minimum atomic E-state index is -0.402. The van der Waals surface area contributed by atoms with Crippen LogP contribution in [0.4, 0.5) is 0 Å². The molecule has 0 unspecified atom stereocenters. The van der Waals surface area contributed by atoms with Crippen molar-refractivity contribution in [1.82, 2.24) is 9.47 Å². The molecule has 3 rings (SSSR count). The lowest BCUT2D eigenvalue weighted by Crippen LogP contribution is -2.26. The second-order valence-electron chi connectivity index (χ2n) is 6.30. The molecule has 0 spiro atoms. The maximum Gasteiger partial charge on any atom is 0.419 e. The van der Waals surface area contributed by atoms with Gasteiger partial charge in [-0.2, -0.15) is 0 Å². The van der Waals surface area contributed by atoms with Gasteiger partial charge in [0.1, 0.15) is 5.75 Å². The summed E-state index contributed by atoms with van der Waals surface area (Å²) in [6.45, 7) is 0.826. The summed E-state index contributed by atoms with van der Waals surface area (Å²) < 4.78 is 12.1. The molecule has 7 heteroatoms. The Hall–Kier alpha value is -2.73. The molecule has 0 aliphatic rings. The Kier molecular flexibility index (Phi) is 5.86. The maximum absolute atomic E-state index is 12.5. The molecular formula is C20H21ClN2O4. The van der Waals surface area contributed by atoms with Crippen LogP contribution in [0, 0.1) is 0 Å². The maximum atomic E-state index is 12.5. The monoisotopic (exact) mass is 388 g/mol. The summed E-state index contributed by atoms with van der Waals surface area (Å²) in [4.78, 5) is 26.0. The predicted octanol–water partition coefficient (Wildman–Crippen LogP) is 3.70. The zero-order valence-corrected chi connectivity index (χ0v) is 16.0. The molecule has 0 atom stereocenters. The highest BCUT2D eigenvalue weighted by Crippen LogP contribution is 2.24. The van der Waals surface area contributed by atoms with Crippen molar-refractivity contribution in [3.63, 3.8) is 0 Å². The van der Waals surface area contributed by atoms with Crippen molar-refractivity contribution >= 4 is 28.6 Å². The molecule has 0 bridgehead atoms. The number of hydrogen-bond donors (Lipinski definition) is 0. The van der Waals surface area contributed by atoms with Gasteiger partial charge in [-0.25, -0.2) is 4.79 Å². The minimum Gasteiger partial charge on any atom is -0.496 e. The molecule has 0 saturated heterocycles. The first-order valence-electron chi connectivity index (χ1n) is 8.64. The number of fused-ring (bicyclic) bond motifs is 1. The fourth-order valence-electron chi connectivity index (χ4n) is 3.02. The fraction of sp³-hybridized carbons (Fsp3) is 0.300. The van der Waals surface area contributed by atoms with Crippen LogP contribution in [-0.4, -0.2) is 29.5 Å². The SMILES string of the molecule is COc1ccc(Cl)cc1CN(C)C(=O)CCCn1c(=O)oc2ccccc21. The summed E-state index contributed by atoms with van der Waals surface area (Å²) >= 11 is 6.04. The minimum absolute atomic E-state index is 0.0159. The summed E-state index contributed by atoms with van der Waals surface area (Å²) in [5, 5.41) is 0.595. The van der Waals surface area contributed by atoms with Crippen LogP contribution in [0.2, 0.25) is 5.02 Å². The van der Waals surface area contributed by atoms with Crippen LogP contribution in [0.1, 0.15) is 18.4 Å². The van der Waals surface area contributed by atoms with Crippen molar-refractivity contribution in [1.29, 1.82) is 0 Å².